The highest BCUT2D eigenvalue weighted by Gasteiger charge is 1.84. The van der Waals surface area contributed by atoms with E-state index in [0.29, 0.717) is 13.0 Å². The second kappa shape index (κ2) is 11.8. The predicted molar refractivity (Wildman–Crippen MR) is 44.3 cm³/mol. The zero-order valence-electron chi connectivity index (χ0n) is 7.31. The average molecular weight is 160 g/mol. The summed E-state index contributed by atoms with van der Waals surface area (Å²) in [4.78, 5) is 19.4. The Morgan fingerprint density at radius 2 is 2.00 bits per heavy atom. The van der Waals surface area contributed by atoms with Gasteiger partial charge in [-0.05, 0) is 7.05 Å². The molecule has 0 heterocycles. The standard InChI is InChI=1S/C4H9NO.C3H7NO/c1-3-4(6)5-2;1-4-2-3-5/h3H2,1-2H3,(H,5,6);3-4H,2H2,1H3. The number of hydrogen-bond donors (Lipinski definition) is 2. The molecule has 11 heavy (non-hydrogen) atoms. The molecule has 0 unspecified atom stereocenters. The Labute approximate surface area is 67.4 Å². The average Bonchev–Trinajstić information content (AvgIpc) is 2.06. The van der Waals surface area contributed by atoms with E-state index in [1.165, 1.54) is 0 Å². The zero-order chi connectivity index (χ0) is 9.11. The third-order valence-electron chi connectivity index (χ3n) is 0.887. The molecular weight excluding hydrogens is 144 g/mol. The number of carbonyl (C=O) groups is 2. The first-order valence-electron chi connectivity index (χ1n) is 3.51. The van der Waals surface area contributed by atoms with E-state index in [1.807, 2.05) is 6.92 Å². The van der Waals surface area contributed by atoms with Gasteiger partial charge in [-0.25, -0.2) is 0 Å². The molecule has 0 aromatic heterocycles. The van der Waals surface area contributed by atoms with Gasteiger partial charge >= 0.3 is 0 Å². The molecule has 0 fully saturated rings. The molecule has 0 aromatic rings. The van der Waals surface area contributed by atoms with Gasteiger partial charge in [-0.15, -0.1) is 0 Å². The summed E-state index contributed by atoms with van der Waals surface area (Å²) in [5.74, 6) is 0.0926. The molecule has 0 rings (SSSR count). The van der Waals surface area contributed by atoms with Gasteiger partial charge in [0.2, 0.25) is 5.91 Å². The molecule has 2 N–H and O–H groups in total. The zero-order valence-corrected chi connectivity index (χ0v) is 7.31. The lowest BCUT2D eigenvalue weighted by Crippen LogP contribution is -2.15. The van der Waals surface area contributed by atoms with Gasteiger partial charge in [0.15, 0.2) is 0 Å². The molecule has 4 heteroatoms. The second-order valence-corrected chi connectivity index (χ2v) is 1.75. The van der Waals surface area contributed by atoms with Gasteiger partial charge in [0, 0.05) is 13.5 Å². The van der Waals surface area contributed by atoms with Crippen LogP contribution >= 0.6 is 0 Å². The summed E-state index contributed by atoms with van der Waals surface area (Å²) in [5.41, 5.74) is 0. The van der Waals surface area contributed by atoms with Gasteiger partial charge in [0.05, 0.1) is 6.54 Å². The van der Waals surface area contributed by atoms with Gasteiger partial charge < -0.3 is 15.4 Å². The monoisotopic (exact) mass is 160 g/mol. The van der Waals surface area contributed by atoms with Crippen LogP contribution in [0.5, 0.6) is 0 Å². The van der Waals surface area contributed by atoms with Crippen LogP contribution in [0.4, 0.5) is 0 Å². The van der Waals surface area contributed by atoms with Gasteiger partial charge in [0.1, 0.15) is 6.29 Å². The van der Waals surface area contributed by atoms with Crippen LogP contribution in [0.15, 0.2) is 0 Å². The van der Waals surface area contributed by atoms with E-state index < -0.39 is 0 Å². The number of rotatable bonds is 3. The summed E-state index contributed by atoms with van der Waals surface area (Å²) in [5, 5.41) is 5.12. The summed E-state index contributed by atoms with van der Waals surface area (Å²) in [6.45, 7) is 2.28. The maximum atomic E-state index is 10.1. The topological polar surface area (TPSA) is 58.2 Å². The quantitative estimate of drug-likeness (QED) is 0.550. The molecule has 66 valence electrons. The van der Waals surface area contributed by atoms with Crippen molar-refractivity contribution < 1.29 is 9.59 Å². The molecule has 0 saturated heterocycles. The van der Waals surface area contributed by atoms with E-state index in [0.717, 1.165) is 6.29 Å². The number of nitrogens with one attached hydrogen (secondary N) is 2. The molecular formula is C7H16N2O2. The second-order valence-electron chi connectivity index (χ2n) is 1.75. The molecule has 0 bridgehead atoms. The number of carbonyl (C=O) groups excluding carboxylic acids is 2. The number of amides is 1. The third-order valence-corrected chi connectivity index (χ3v) is 0.887. The van der Waals surface area contributed by atoms with Crippen molar-refractivity contribution in [3.63, 3.8) is 0 Å². The fourth-order valence-corrected chi connectivity index (χ4v) is 0.260. The summed E-state index contributed by atoms with van der Waals surface area (Å²) in [7, 11) is 3.36. The predicted octanol–water partition coefficient (Wildman–Crippen LogP) is -0.453. The van der Waals surface area contributed by atoms with E-state index in [9.17, 15) is 9.59 Å². The van der Waals surface area contributed by atoms with E-state index in [4.69, 9.17) is 0 Å². The van der Waals surface area contributed by atoms with Gasteiger partial charge in [-0.3, -0.25) is 4.79 Å². The minimum Gasteiger partial charge on any atom is -0.359 e. The highest BCUT2D eigenvalue weighted by Crippen LogP contribution is 1.68. The lowest BCUT2D eigenvalue weighted by molar-refractivity contribution is -0.120. The Morgan fingerprint density at radius 3 is 2.00 bits per heavy atom. The molecule has 0 aliphatic carbocycles. The van der Waals surface area contributed by atoms with E-state index >= 15 is 0 Å². The smallest absolute Gasteiger partial charge is 0.219 e. The first-order chi connectivity index (χ1) is 5.22. The van der Waals surface area contributed by atoms with Crippen molar-refractivity contribution in [1.29, 1.82) is 0 Å². The Morgan fingerprint density at radius 1 is 1.45 bits per heavy atom. The van der Waals surface area contributed by atoms with Crippen LogP contribution in [0.25, 0.3) is 0 Å². The van der Waals surface area contributed by atoms with Crippen molar-refractivity contribution in [3.8, 4) is 0 Å². The summed E-state index contributed by atoms with van der Waals surface area (Å²) in [6.07, 6.45) is 1.40. The summed E-state index contributed by atoms with van der Waals surface area (Å²) in [6, 6.07) is 0. The van der Waals surface area contributed by atoms with Gasteiger partial charge in [0.25, 0.3) is 0 Å². The Hall–Kier alpha value is -0.900. The molecule has 0 aliphatic heterocycles. The van der Waals surface area contributed by atoms with E-state index in [-0.39, 0.29) is 5.91 Å². The van der Waals surface area contributed by atoms with Crippen molar-refractivity contribution in [2.75, 3.05) is 20.6 Å². The van der Waals surface area contributed by atoms with Gasteiger partial charge in [-0.2, -0.15) is 0 Å². The fourth-order valence-electron chi connectivity index (χ4n) is 0.260. The lowest BCUT2D eigenvalue weighted by Gasteiger charge is -1.87. The third kappa shape index (κ3) is 17.6. The van der Waals surface area contributed by atoms with Crippen LogP contribution in [-0.2, 0) is 9.59 Å². The van der Waals surface area contributed by atoms with Crippen LogP contribution in [-0.4, -0.2) is 32.8 Å². The van der Waals surface area contributed by atoms with Crippen molar-refractivity contribution in [2.45, 2.75) is 13.3 Å². The van der Waals surface area contributed by atoms with Crippen LogP contribution < -0.4 is 10.6 Å². The van der Waals surface area contributed by atoms with E-state index in [1.54, 1.807) is 14.1 Å². The van der Waals surface area contributed by atoms with Crippen LogP contribution in [0.1, 0.15) is 13.3 Å². The normalized spacial score (nSPS) is 7.55. The lowest BCUT2D eigenvalue weighted by atomic mass is 10.5. The maximum Gasteiger partial charge on any atom is 0.219 e. The van der Waals surface area contributed by atoms with Crippen molar-refractivity contribution in [3.05, 3.63) is 0 Å². The van der Waals surface area contributed by atoms with Crippen molar-refractivity contribution in [2.24, 2.45) is 0 Å². The molecule has 0 aliphatic rings. The first-order valence-corrected chi connectivity index (χ1v) is 3.51. The SMILES string of the molecule is CCC(=O)NC.CNCC=O. The summed E-state index contributed by atoms with van der Waals surface area (Å²) < 4.78 is 0. The fraction of sp³-hybridized carbons (Fsp3) is 0.714. The number of likely N-dealkylation sites (N-methyl/N-ethyl adjacent to an activating group) is 1. The minimum atomic E-state index is 0.0926. The highest BCUT2D eigenvalue weighted by molar-refractivity contribution is 5.74. The van der Waals surface area contributed by atoms with Gasteiger partial charge in [-0.1, -0.05) is 6.92 Å². The largest absolute Gasteiger partial charge is 0.359 e. The molecule has 0 saturated carbocycles. The van der Waals surface area contributed by atoms with E-state index in [2.05, 4.69) is 10.6 Å². The van der Waals surface area contributed by atoms with Crippen LogP contribution in [0.3, 0.4) is 0 Å². The number of hydrogen-bond acceptors (Lipinski definition) is 3. The highest BCUT2D eigenvalue weighted by atomic mass is 16.1. The Bertz CT molecular complexity index is 98.6. The molecule has 0 atom stereocenters. The van der Waals surface area contributed by atoms with Crippen molar-refractivity contribution in [1.82, 2.24) is 10.6 Å². The number of aldehydes is 1. The first kappa shape index (κ1) is 12.7. The summed E-state index contributed by atoms with van der Waals surface area (Å²) >= 11 is 0. The minimum absolute atomic E-state index is 0.0926. The molecule has 4 nitrogen and oxygen atoms in total. The van der Waals surface area contributed by atoms with Crippen LogP contribution in [0.2, 0.25) is 0 Å². The van der Waals surface area contributed by atoms with Crippen molar-refractivity contribution >= 4 is 12.2 Å². The molecule has 1 amide bonds. The Kier molecular flexibility index (Phi) is 13.7. The maximum absolute atomic E-state index is 10.1. The molecule has 0 radical (unpaired) electrons. The Balaban J connectivity index is 0. The van der Waals surface area contributed by atoms with Crippen LogP contribution in [0, 0.1) is 0 Å². The molecule has 0 spiro atoms. The molecule has 0 aromatic carbocycles.